The molecule has 0 saturated heterocycles. The fraction of sp³-hybridized carbons (Fsp3) is 0.900. The van der Waals surface area contributed by atoms with Crippen molar-refractivity contribution >= 4 is 5.97 Å². The second-order valence-corrected chi connectivity index (χ2v) is 3.45. The van der Waals surface area contributed by atoms with Crippen molar-refractivity contribution in [1.82, 2.24) is 4.90 Å². The first-order valence-electron chi connectivity index (χ1n) is 5.24. The zero-order valence-corrected chi connectivity index (χ0v) is 9.31. The second-order valence-electron chi connectivity index (χ2n) is 3.45. The molecule has 0 aromatic rings. The molecule has 0 atom stereocenters. The van der Waals surface area contributed by atoms with Gasteiger partial charge in [-0.25, -0.2) is 0 Å². The number of carboxylic acid groups (broad SMARTS) is 1. The maximum atomic E-state index is 10.5. The molecule has 0 bridgehead atoms. The number of nitrogens with zero attached hydrogens (tertiary/aromatic N) is 1. The van der Waals surface area contributed by atoms with Crippen molar-refractivity contribution in [2.75, 3.05) is 40.0 Å². The summed E-state index contributed by atoms with van der Waals surface area (Å²) in [5.41, 5.74) is 0. The van der Waals surface area contributed by atoms with Crippen LogP contribution in [0.25, 0.3) is 0 Å². The van der Waals surface area contributed by atoms with E-state index < -0.39 is 5.97 Å². The number of aliphatic hydroxyl groups is 1. The van der Waals surface area contributed by atoms with Crippen LogP contribution in [-0.4, -0.2) is 61.0 Å². The summed E-state index contributed by atoms with van der Waals surface area (Å²) in [4.78, 5) is 12.4. The highest BCUT2D eigenvalue weighted by molar-refractivity contribution is 5.69. The number of aliphatic hydroxyl groups excluding tert-OH is 1. The van der Waals surface area contributed by atoms with Crippen LogP contribution >= 0.6 is 0 Å². The molecule has 0 unspecified atom stereocenters. The summed E-state index contributed by atoms with van der Waals surface area (Å²) < 4.78 is 4.91. The third-order valence-electron chi connectivity index (χ3n) is 2.10. The lowest BCUT2D eigenvalue weighted by molar-refractivity contribution is -0.138. The van der Waals surface area contributed by atoms with E-state index in [0.717, 1.165) is 25.8 Å². The minimum atomic E-state index is -0.812. The molecule has 0 amide bonds. The summed E-state index contributed by atoms with van der Waals surface area (Å²) >= 11 is 0. The number of carbonyl (C=O) groups is 1. The van der Waals surface area contributed by atoms with Crippen LogP contribution < -0.4 is 0 Å². The predicted octanol–water partition coefficient (Wildman–Crippen LogP) is 0.182. The molecule has 0 fully saturated rings. The Kier molecular flexibility index (Phi) is 9.46. The SMILES string of the molecule is COCCN(CCCCCO)CC(=O)O. The van der Waals surface area contributed by atoms with E-state index in [1.54, 1.807) is 7.11 Å². The molecule has 5 nitrogen and oxygen atoms in total. The predicted molar refractivity (Wildman–Crippen MR) is 56.9 cm³/mol. The highest BCUT2D eigenvalue weighted by atomic mass is 16.5. The molecule has 0 spiro atoms. The number of rotatable bonds is 10. The van der Waals surface area contributed by atoms with Crippen molar-refractivity contribution in [1.29, 1.82) is 0 Å². The lowest BCUT2D eigenvalue weighted by Crippen LogP contribution is -2.33. The Morgan fingerprint density at radius 2 is 2.00 bits per heavy atom. The van der Waals surface area contributed by atoms with Crippen LogP contribution in [0.4, 0.5) is 0 Å². The van der Waals surface area contributed by atoms with E-state index in [1.807, 2.05) is 4.90 Å². The third-order valence-corrected chi connectivity index (χ3v) is 2.10. The van der Waals surface area contributed by atoms with Gasteiger partial charge in [0.15, 0.2) is 0 Å². The van der Waals surface area contributed by atoms with E-state index in [2.05, 4.69) is 0 Å². The molecular weight excluding hydrogens is 198 g/mol. The van der Waals surface area contributed by atoms with Crippen LogP contribution in [0.5, 0.6) is 0 Å². The summed E-state index contributed by atoms with van der Waals surface area (Å²) in [6, 6.07) is 0. The number of hydrogen-bond donors (Lipinski definition) is 2. The Balaban J connectivity index is 3.64. The molecule has 0 aliphatic carbocycles. The summed E-state index contributed by atoms with van der Waals surface area (Å²) in [6.07, 6.45) is 2.63. The van der Waals surface area contributed by atoms with E-state index in [0.29, 0.717) is 13.2 Å². The molecule has 0 aromatic heterocycles. The van der Waals surface area contributed by atoms with E-state index in [4.69, 9.17) is 14.9 Å². The number of carboxylic acids is 1. The topological polar surface area (TPSA) is 70.0 Å². The van der Waals surface area contributed by atoms with Gasteiger partial charge in [0.1, 0.15) is 0 Å². The highest BCUT2D eigenvalue weighted by Crippen LogP contribution is 1.98. The van der Waals surface area contributed by atoms with Gasteiger partial charge in [-0.15, -0.1) is 0 Å². The van der Waals surface area contributed by atoms with Gasteiger partial charge in [-0.3, -0.25) is 9.69 Å². The average Bonchev–Trinajstić information content (AvgIpc) is 2.19. The summed E-state index contributed by atoms with van der Waals surface area (Å²) in [5, 5.41) is 17.3. The fourth-order valence-electron chi connectivity index (χ4n) is 1.31. The zero-order valence-electron chi connectivity index (χ0n) is 9.31. The summed E-state index contributed by atoms with van der Waals surface area (Å²) in [6.45, 7) is 2.20. The summed E-state index contributed by atoms with van der Waals surface area (Å²) in [5.74, 6) is -0.812. The van der Waals surface area contributed by atoms with Gasteiger partial charge < -0.3 is 14.9 Å². The Hall–Kier alpha value is -0.650. The summed E-state index contributed by atoms with van der Waals surface area (Å²) in [7, 11) is 1.60. The van der Waals surface area contributed by atoms with Crippen LogP contribution in [0.2, 0.25) is 0 Å². The standard InChI is InChI=1S/C10H21NO4/c1-15-8-6-11(9-10(13)14)5-3-2-4-7-12/h12H,2-9H2,1H3,(H,13,14). The first-order valence-corrected chi connectivity index (χ1v) is 5.24. The molecule has 0 radical (unpaired) electrons. The van der Waals surface area contributed by atoms with Crippen molar-refractivity contribution < 1.29 is 19.7 Å². The average molecular weight is 219 g/mol. The Morgan fingerprint density at radius 3 is 2.53 bits per heavy atom. The monoisotopic (exact) mass is 219 g/mol. The molecule has 90 valence electrons. The van der Waals surface area contributed by atoms with Crippen LogP contribution in [0.15, 0.2) is 0 Å². The van der Waals surface area contributed by atoms with Crippen molar-refractivity contribution in [3.05, 3.63) is 0 Å². The lowest BCUT2D eigenvalue weighted by atomic mass is 10.2. The largest absolute Gasteiger partial charge is 0.480 e. The number of aliphatic carboxylic acids is 1. The number of hydrogen-bond acceptors (Lipinski definition) is 4. The number of ether oxygens (including phenoxy) is 1. The molecule has 0 heterocycles. The van der Waals surface area contributed by atoms with Crippen LogP contribution in [-0.2, 0) is 9.53 Å². The second kappa shape index (κ2) is 9.89. The first kappa shape index (κ1) is 14.3. The normalized spacial score (nSPS) is 10.9. The minimum absolute atomic E-state index is 0.0580. The molecule has 5 heteroatoms. The van der Waals surface area contributed by atoms with Crippen LogP contribution in [0, 0.1) is 0 Å². The molecular formula is C10H21NO4. The van der Waals surface area contributed by atoms with E-state index >= 15 is 0 Å². The van der Waals surface area contributed by atoms with Crippen molar-refractivity contribution in [2.45, 2.75) is 19.3 Å². The lowest BCUT2D eigenvalue weighted by Gasteiger charge is -2.19. The number of unbranched alkanes of at least 4 members (excludes halogenated alkanes) is 2. The van der Waals surface area contributed by atoms with Gasteiger partial charge in [0.05, 0.1) is 13.2 Å². The fourth-order valence-corrected chi connectivity index (χ4v) is 1.31. The van der Waals surface area contributed by atoms with Crippen molar-refractivity contribution in [3.8, 4) is 0 Å². The molecule has 0 aliphatic rings. The van der Waals surface area contributed by atoms with Crippen molar-refractivity contribution in [3.63, 3.8) is 0 Å². The minimum Gasteiger partial charge on any atom is -0.480 e. The zero-order chi connectivity index (χ0) is 11.5. The first-order chi connectivity index (χ1) is 7.20. The highest BCUT2D eigenvalue weighted by Gasteiger charge is 2.08. The molecule has 0 aliphatic heterocycles. The van der Waals surface area contributed by atoms with E-state index in [-0.39, 0.29) is 13.2 Å². The Bertz CT molecular complexity index is 164. The van der Waals surface area contributed by atoms with E-state index in [1.165, 1.54) is 0 Å². The van der Waals surface area contributed by atoms with Crippen molar-refractivity contribution in [2.24, 2.45) is 0 Å². The van der Waals surface area contributed by atoms with Gasteiger partial charge in [0.2, 0.25) is 0 Å². The van der Waals surface area contributed by atoms with Gasteiger partial charge in [0, 0.05) is 20.3 Å². The van der Waals surface area contributed by atoms with Gasteiger partial charge in [-0.1, -0.05) is 0 Å². The van der Waals surface area contributed by atoms with Gasteiger partial charge in [-0.05, 0) is 25.8 Å². The Morgan fingerprint density at radius 1 is 1.27 bits per heavy atom. The van der Waals surface area contributed by atoms with Gasteiger partial charge in [-0.2, -0.15) is 0 Å². The van der Waals surface area contributed by atoms with Gasteiger partial charge >= 0.3 is 5.97 Å². The maximum absolute atomic E-state index is 10.5. The van der Waals surface area contributed by atoms with Crippen LogP contribution in [0.3, 0.4) is 0 Å². The van der Waals surface area contributed by atoms with E-state index in [9.17, 15) is 4.79 Å². The quantitative estimate of drug-likeness (QED) is 0.513. The molecule has 0 saturated carbocycles. The smallest absolute Gasteiger partial charge is 0.317 e. The molecule has 15 heavy (non-hydrogen) atoms. The van der Waals surface area contributed by atoms with Gasteiger partial charge in [0.25, 0.3) is 0 Å². The third kappa shape index (κ3) is 9.65. The Labute approximate surface area is 90.6 Å². The molecule has 2 N–H and O–H groups in total. The maximum Gasteiger partial charge on any atom is 0.317 e. The molecule has 0 aromatic carbocycles. The molecule has 0 rings (SSSR count). The number of methoxy groups -OCH3 is 1. The van der Waals surface area contributed by atoms with Crippen LogP contribution in [0.1, 0.15) is 19.3 Å².